The minimum Gasteiger partial charge on any atom is -0.383 e. The zero-order chi connectivity index (χ0) is 11.0. The quantitative estimate of drug-likeness (QED) is 0.651. The van der Waals surface area contributed by atoms with Crippen LogP contribution in [0.1, 0.15) is 27.7 Å². The van der Waals surface area contributed by atoms with Crippen molar-refractivity contribution in [3.8, 4) is 0 Å². The smallest absolute Gasteiger partial charge is 0.0618 e. The van der Waals surface area contributed by atoms with E-state index >= 15 is 0 Å². The largest absolute Gasteiger partial charge is 0.383 e. The van der Waals surface area contributed by atoms with E-state index in [0.717, 1.165) is 19.8 Å². The molecule has 0 aromatic carbocycles. The lowest BCUT2D eigenvalue weighted by atomic mass is 10.0. The van der Waals surface area contributed by atoms with Gasteiger partial charge in [0.25, 0.3) is 0 Å². The van der Waals surface area contributed by atoms with Crippen LogP contribution >= 0.6 is 0 Å². The predicted molar refractivity (Wildman–Crippen MR) is 59.6 cm³/mol. The fourth-order valence-corrected chi connectivity index (χ4v) is 1.32. The first-order valence-electron chi connectivity index (χ1n) is 5.44. The highest BCUT2D eigenvalue weighted by atomic mass is 16.5. The average molecular weight is 203 g/mol. The minimum atomic E-state index is 0.387. The molecule has 0 saturated carbocycles. The summed E-state index contributed by atoms with van der Waals surface area (Å²) in [6.07, 6.45) is 0. The van der Waals surface area contributed by atoms with E-state index in [2.05, 4.69) is 26.1 Å². The number of nitrogens with one attached hydrogen (secondary N) is 1. The Morgan fingerprint density at radius 1 is 1.14 bits per heavy atom. The third-order valence-corrected chi connectivity index (χ3v) is 2.22. The molecule has 0 bridgehead atoms. The molecule has 0 radical (unpaired) electrons. The molecular formula is C11H25NO2. The highest BCUT2D eigenvalue weighted by Gasteiger charge is 2.15. The molecule has 0 saturated heterocycles. The zero-order valence-corrected chi connectivity index (χ0v) is 10.2. The van der Waals surface area contributed by atoms with Gasteiger partial charge in [-0.15, -0.1) is 0 Å². The lowest BCUT2D eigenvalue weighted by molar-refractivity contribution is 0.101. The summed E-state index contributed by atoms with van der Waals surface area (Å²) in [6.45, 7) is 10.9. The lowest BCUT2D eigenvalue weighted by Crippen LogP contribution is -2.44. The van der Waals surface area contributed by atoms with Gasteiger partial charge in [0.1, 0.15) is 0 Å². The van der Waals surface area contributed by atoms with E-state index in [1.807, 2.05) is 6.92 Å². The SMILES string of the molecule is CCOCC(C)NC(COC)C(C)C. The molecule has 0 amide bonds. The van der Waals surface area contributed by atoms with Crippen molar-refractivity contribution in [2.75, 3.05) is 26.9 Å². The van der Waals surface area contributed by atoms with E-state index in [-0.39, 0.29) is 0 Å². The fourth-order valence-electron chi connectivity index (χ4n) is 1.32. The van der Waals surface area contributed by atoms with E-state index in [1.165, 1.54) is 0 Å². The second kappa shape index (κ2) is 8.21. The van der Waals surface area contributed by atoms with Crippen molar-refractivity contribution < 1.29 is 9.47 Å². The second-order valence-corrected chi connectivity index (χ2v) is 4.03. The maximum Gasteiger partial charge on any atom is 0.0618 e. The Labute approximate surface area is 88.2 Å². The van der Waals surface area contributed by atoms with Crippen molar-refractivity contribution in [1.82, 2.24) is 5.32 Å². The van der Waals surface area contributed by atoms with Crippen LogP contribution in [-0.4, -0.2) is 39.0 Å². The molecule has 0 aliphatic rings. The highest BCUT2D eigenvalue weighted by Crippen LogP contribution is 2.03. The molecule has 14 heavy (non-hydrogen) atoms. The third kappa shape index (κ3) is 6.35. The van der Waals surface area contributed by atoms with Crippen LogP contribution in [0.15, 0.2) is 0 Å². The Morgan fingerprint density at radius 3 is 2.21 bits per heavy atom. The van der Waals surface area contributed by atoms with Gasteiger partial charge in [0.05, 0.1) is 13.2 Å². The number of rotatable bonds is 8. The Bertz CT molecular complexity index is 128. The summed E-state index contributed by atoms with van der Waals surface area (Å²) >= 11 is 0. The lowest BCUT2D eigenvalue weighted by Gasteiger charge is -2.25. The molecule has 0 spiro atoms. The van der Waals surface area contributed by atoms with Gasteiger partial charge in [0.15, 0.2) is 0 Å². The first-order chi connectivity index (χ1) is 6.61. The molecule has 0 aromatic rings. The number of ether oxygens (including phenoxy) is 2. The Kier molecular flexibility index (Phi) is 8.14. The highest BCUT2D eigenvalue weighted by molar-refractivity contribution is 4.73. The number of methoxy groups -OCH3 is 1. The summed E-state index contributed by atoms with van der Waals surface area (Å²) in [4.78, 5) is 0. The monoisotopic (exact) mass is 203 g/mol. The molecule has 0 rings (SSSR count). The van der Waals surface area contributed by atoms with Crippen LogP contribution in [0.5, 0.6) is 0 Å². The minimum absolute atomic E-state index is 0.387. The van der Waals surface area contributed by atoms with Gasteiger partial charge >= 0.3 is 0 Å². The standard InChI is InChI=1S/C11H25NO2/c1-6-14-7-10(4)12-11(8-13-5)9(2)3/h9-12H,6-8H2,1-5H3. The second-order valence-electron chi connectivity index (χ2n) is 4.03. The van der Waals surface area contributed by atoms with Crippen molar-refractivity contribution in [3.63, 3.8) is 0 Å². The van der Waals surface area contributed by atoms with Gasteiger partial charge in [-0.2, -0.15) is 0 Å². The van der Waals surface area contributed by atoms with Gasteiger partial charge < -0.3 is 14.8 Å². The van der Waals surface area contributed by atoms with Crippen LogP contribution in [0.4, 0.5) is 0 Å². The molecular weight excluding hydrogens is 178 g/mol. The van der Waals surface area contributed by atoms with Crippen LogP contribution in [0.3, 0.4) is 0 Å². The predicted octanol–water partition coefficient (Wildman–Crippen LogP) is 1.67. The van der Waals surface area contributed by atoms with Crippen molar-refractivity contribution in [2.45, 2.75) is 39.8 Å². The molecule has 1 N–H and O–H groups in total. The molecule has 0 aromatic heterocycles. The zero-order valence-electron chi connectivity index (χ0n) is 10.2. The summed E-state index contributed by atoms with van der Waals surface area (Å²) in [5.74, 6) is 0.582. The van der Waals surface area contributed by atoms with Crippen molar-refractivity contribution in [1.29, 1.82) is 0 Å². The van der Waals surface area contributed by atoms with Gasteiger partial charge in [-0.05, 0) is 19.8 Å². The summed E-state index contributed by atoms with van der Waals surface area (Å²) < 4.78 is 10.5. The number of hydrogen-bond acceptors (Lipinski definition) is 3. The molecule has 2 atom stereocenters. The van der Waals surface area contributed by atoms with Gasteiger partial charge in [-0.3, -0.25) is 0 Å². The van der Waals surface area contributed by atoms with Crippen molar-refractivity contribution >= 4 is 0 Å². The summed E-state index contributed by atoms with van der Waals surface area (Å²) in [6, 6.07) is 0.799. The topological polar surface area (TPSA) is 30.5 Å². The maximum absolute atomic E-state index is 5.35. The van der Waals surface area contributed by atoms with Crippen LogP contribution < -0.4 is 5.32 Å². The van der Waals surface area contributed by atoms with Gasteiger partial charge in [-0.25, -0.2) is 0 Å². The van der Waals surface area contributed by atoms with Crippen LogP contribution in [-0.2, 0) is 9.47 Å². The molecule has 2 unspecified atom stereocenters. The fraction of sp³-hybridized carbons (Fsp3) is 1.00. The average Bonchev–Trinajstić information content (AvgIpc) is 2.14. The van der Waals surface area contributed by atoms with Gasteiger partial charge in [0, 0.05) is 25.8 Å². The van der Waals surface area contributed by atoms with E-state index in [0.29, 0.717) is 18.0 Å². The van der Waals surface area contributed by atoms with Crippen molar-refractivity contribution in [2.24, 2.45) is 5.92 Å². The Balaban J connectivity index is 3.77. The molecule has 3 nitrogen and oxygen atoms in total. The normalized spacial score (nSPS) is 15.9. The van der Waals surface area contributed by atoms with Gasteiger partial charge in [-0.1, -0.05) is 13.8 Å². The maximum atomic E-state index is 5.35. The van der Waals surface area contributed by atoms with Crippen molar-refractivity contribution in [3.05, 3.63) is 0 Å². The van der Waals surface area contributed by atoms with E-state index in [9.17, 15) is 0 Å². The van der Waals surface area contributed by atoms with Gasteiger partial charge in [0.2, 0.25) is 0 Å². The Morgan fingerprint density at radius 2 is 1.79 bits per heavy atom. The van der Waals surface area contributed by atoms with E-state index in [4.69, 9.17) is 9.47 Å². The van der Waals surface area contributed by atoms with E-state index in [1.54, 1.807) is 7.11 Å². The molecule has 0 heterocycles. The summed E-state index contributed by atoms with van der Waals surface area (Å²) in [7, 11) is 1.74. The Hall–Kier alpha value is -0.120. The third-order valence-electron chi connectivity index (χ3n) is 2.22. The molecule has 3 heteroatoms. The van der Waals surface area contributed by atoms with Crippen LogP contribution in [0.25, 0.3) is 0 Å². The number of hydrogen-bond donors (Lipinski definition) is 1. The van der Waals surface area contributed by atoms with E-state index < -0.39 is 0 Å². The molecule has 86 valence electrons. The first-order valence-corrected chi connectivity index (χ1v) is 5.44. The van der Waals surface area contributed by atoms with Crippen LogP contribution in [0, 0.1) is 5.92 Å². The summed E-state index contributed by atoms with van der Waals surface area (Å²) in [5, 5.41) is 3.50. The first kappa shape index (κ1) is 13.9. The molecule has 0 aliphatic carbocycles. The van der Waals surface area contributed by atoms with Crippen LogP contribution in [0.2, 0.25) is 0 Å². The summed E-state index contributed by atoms with van der Waals surface area (Å²) in [5.41, 5.74) is 0. The molecule has 0 aliphatic heterocycles. The molecule has 0 fully saturated rings.